The van der Waals surface area contributed by atoms with Crippen LogP contribution in [0.25, 0.3) is 0 Å². The molecule has 2 rings (SSSR count). The number of benzene rings is 1. The van der Waals surface area contributed by atoms with Gasteiger partial charge in [-0.25, -0.2) is 13.1 Å². The number of nitriles is 1. The highest BCUT2D eigenvalue weighted by Gasteiger charge is 2.19. The number of aryl methyl sites for hydroxylation is 1. The molecule has 2 aromatic rings. The Morgan fingerprint density at radius 2 is 2.14 bits per heavy atom. The van der Waals surface area contributed by atoms with Crippen LogP contribution in [0.2, 0.25) is 0 Å². The molecule has 0 saturated carbocycles. The second kappa shape index (κ2) is 6.26. The van der Waals surface area contributed by atoms with Crippen LogP contribution < -0.4 is 10.5 Å². The zero-order chi connectivity index (χ0) is 15.5. The summed E-state index contributed by atoms with van der Waals surface area (Å²) in [5.41, 5.74) is 7.10. The molecule has 7 heteroatoms. The number of anilines is 1. The lowest BCUT2D eigenvalue weighted by atomic mass is 10.2. The summed E-state index contributed by atoms with van der Waals surface area (Å²) in [6.07, 6.45) is 0.853. The molecule has 0 atom stereocenters. The molecule has 0 spiro atoms. The van der Waals surface area contributed by atoms with E-state index < -0.39 is 10.0 Å². The molecule has 110 valence electrons. The summed E-state index contributed by atoms with van der Waals surface area (Å²) in [4.78, 5) is 0.934. The van der Waals surface area contributed by atoms with E-state index in [1.165, 1.54) is 29.5 Å². The van der Waals surface area contributed by atoms with Crippen LogP contribution in [0.4, 0.5) is 5.69 Å². The van der Waals surface area contributed by atoms with Crippen molar-refractivity contribution >= 4 is 27.0 Å². The third kappa shape index (κ3) is 3.42. The molecule has 0 aliphatic rings. The fourth-order valence-electron chi connectivity index (χ4n) is 1.94. The average Bonchev–Trinajstić information content (AvgIpc) is 2.92. The van der Waals surface area contributed by atoms with Crippen molar-refractivity contribution in [2.45, 2.75) is 24.8 Å². The topological polar surface area (TPSA) is 96.0 Å². The predicted octanol–water partition coefficient (Wildman–Crippen LogP) is 2.24. The van der Waals surface area contributed by atoms with E-state index in [0.29, 0.717) is 5.69 Å². The highest BCUT2D eigenvalue weighted by atomic mass is 32.2. The van der Waals surface area contributed by atoms with Gasteiger partial charge in [-0.1, -0.05) is 6.92 Å². The number of rotatable bonds is 5. The third-order valence-electron chi connectivity index (χ3n) is 3.05. The molecule has 0 saturated heterocycles. The van der Waals surface area contributed by atoms with Crippen LogP contribution in [-0.4, -0.2) is 8.42 Å². The van der Waals surface area contributed by atoms with Crippen molar-refractivity contribution in [3.8, 4) is 6.07 Å². The Morgan fingerprint density at radius 3 is 2.81 bits per heavy atom. The molecule has 5 nitrogen and oxygen atoms in total. The van der Waals surface area contributed by atoms with E-state index in [9.17, 15) is 8.42 Å². The second-order valence-electron chi connectivity index (χ2n) is 4.41. The SMILES string of the molecule is CCc1ccsc1CNS(=O)(=O)c1ccc(N)cc1C#N. The maximum Gasteiger partial charge on any atom is 0.242 e. The summed E-state index contributed by atoms with van der Waals surface area (Å²) in [6, 6.07) is 8.03. The molecule has 1 heterocycles. The minimum atomic E-state index is -3.74. The first kappa shape index (κ1) is 15.5. The van der Waals surface area contributed by atoms with Crippen LogP contribution in [0.15, 0.2) is 34.5 Å². The molecule has 21 heavy (non-hydrogen) atoms. The third-order valence-corrected chi connectivity index (χ3v) is 5.48. The van der Waals surface area contributed by atoms with Crippen molar-refractivity contribution in [1.29, 1.82) is 5.26 Å². The van der Waals surface area contributed by atoms with E-state index in [-0.39, 0.29) is 17.0 Å². The van der Waals surface area contributed by atoms with Gasteiger partial charge in [-0.3, -0.25) is 0 Å². The van der Waals surface area contributed by atoms with Crippen LogP contribution in [0.3, 0.4) is 0 Å². The molecule has 1 aromatic heterocycles. The van der Waals surface area contributed by atoms with Crippen LogP contribution in [0.5, 0.6) is 0 Å². The normalized spacial score (nSPS) is 11.2. The van der Waals surface area contributed by atoms with Crippen LogP contribution in [-0.2, 0) is 23.0 Å². The van der Waals surface area contributed by atoms with Crippen LogP contribution in [0.1, 0.15) is 22.9 Å². The van der Waals surface area contributed by atoms with Gasteiger partial charge in [0, 0.05) is 17.1 Å². The fourth-order valence-corrected chi connectivity index (χ4v) is 4.08. The first-order valence-electron chi connectivity index (χ1n) is 6.32. The number of hydrogen-bond donors (Lipinski definition) is 2. The zero-order valence-corrected chi connectivity index (χ0v) is 13.1. The number of hydrogen-bond acceptors (Lipinski definition) is 5. The van der Waals surface area contributed by atoms with Crippen molar-refractivity contribution in [2.24, 2.45) is 0 Å². The van der Waals surface area contributed by atoms with Crippen molar-refractivity contribution in [3.63, 3.8) is 0 Å². The number of thiophene rings is 1. The lowest BCUT2D eigenvalue weighted by Gasteiger charge is -2.09. The minimum Gasteiger partial charge on any atom is -0.399 e. The van der Waals surface area contributed by atoms with Crippen LogP contribution >= 0.6 is 11.3 Å². The summed E-state index contributed by atoms with van der Waals surface area (Å²) in [5.74, 6) is 0. The fraction of sp³-hybridized carbons (Fsp3) is 0.214. The van der Waals surface area contributed by atoms with Gasteiger partial charge < -0.3 is 5.73 Å². The molecule has 0 fully saturated rings. The second-order valence-corrected chi connectivity index (χ2v) is 7.15. The average molecular weight is 321 g/mol. The Bertz CT molecular complexity index is 789. The highest BCUT2D eigenvalue weighted by molar-refractivity contribution is 7.89. The number of nitrogen functional groups attached to an aromatic ring is 1. The van der Waals surface area contributed by atoms with Gasteiger partial charge in [-0.15, -0.1) is 11.3 Å². The number of sulfonamides is 1. The van der Waals surface area contributed by atoms with Gasteiger partial charge >= 0.3 is 0 Å². The highest BCUT2D eigenvalue weighted by Crippen LogP contribution is 2.20. The van der Waals surface area contributed by atoms with E-state index in [1.54, 1.807) is 0 Å². The molecule has 0 aliphatic heterocycles. The van der Waals surface area contributed by atoms with E-state index >= 15 is 0 Å². The molecular weight excluding hydrogens is 306 g/mol. The number of nitrogens with one attached hydrogen (secondary N) is 1. The lowest BCUT2D eigenvalue weighted by Crippen LogP contribution is -2.24. The quantitative estimate of drug-likeness (QED) is 0.825. The maximum absolute atomic E-state index is 12.3. The Kier molecular flexibility index (Phi) is 4.63. The number of nitrogens with two attached hydrogens (primary N) is 1. The monoisotopic (exact) mass is 321 g/mol. The Balaban J connectivity index is 2.26. The first-order chi connectivity index (χ1) is 9.97. The van der Waals surface area contributed by atoms with Gasteiger partial charge in [0.05, 0.1) is 10.5 Å². The standard InChI is InChI=1S/C14H15N3O2S2/c1-2-10-5-6-20-13(10)9-17-21(18,19)14-4-3-12(16)7-11(14)8-15/h3-7,17H,2,9,16H2,1H3. The maximum atomic E-state index is 12.3. The van der Waals surface area contributed by atoms with Gasteiger partial charge in [-0.2, -0.15) is 5.26 Å². The molecule has 0 amide bonds. The summed E-state index contributed by atoms with van der Waals surface area (Å²) >= 11 is 1.51. The van der Waals surface area contributed by atoms with Crippen molar-refractivity contribution < 1.29 is 8.42 Å². The first-order valence-corrected chi connectivity index (χ1v) is 8.68. The van der Waals surface area contributed by atoms with Gasteiger partial charge in [-0.05, 0) is 41.6 Å². The van der Waals surface area contributed by atoms with E-state index in [2.05, 4.69) is 4.72 Å². The van der Waals surface area contributed by atoms with Gasteiger partial charge in [0.1, 0.15) is 6.07 Å². The van der Waals surface area contributed by atoms with E-state index in [4.69, 9.17) is 11.0 Å². The molecule has 0 bridgehead atoms. The number of nitrogens with zero attached hydrogens (tertiary/aromatic N) is 1. The van der Waals surface area contributed by atoms with E-state index in [0.717, 1.165) is 16.9 Å². The molecule has 0 radical (unpaired) electrons. The van der Waals surface area contributed by atoms with Gasteiger partial charge in [0.15, 0.2) is 0 Å². The van der Waals surface area contributed by atoms with E-state index in [1.807, 2.05) is 24.4 Å². The molecule has 3 N–H and O–H groups in total. The summed E-state index contributed by atoms with van der Waals surface area (Å²) in [6.45, 7) is 2.24. The van der Waals surface area contributed by atoms with Crippen molar-refractivity contribution in [2.75, 3.05) is 5.73 Å². The minimum absolute atomic E-state index is 0.0457. The Hall–Kier alpha value is -1.88. The van der Waals surface area contributed by atoms with Crippen LogP contribution in [0, 0.1) is 11.3 Å². The summed E-state index contributed by atoms with van der Waals surface area (Å²) < 4.78 is 27.2. The zero-order valence-electron chi connectivity index (χ0n) is 11.5. The molecule has 0 aliphatic carbocycles. The largest absolute Gasteiger partial charge is 0.399 e. The molecule has 1 aromatic carbocycles. The van der Waals surface area contributed by atoms with Gasteiger partial charge in [0.2, 0.25) is 10.0 Å². The van der Waals surface area contributed by atoms with Crippen molar-refractivity contribution in [3.05, 3.63) is 45.6 Å². The Morgan fingerprint density at radius 1 is 1.38 bits per heavy atom. The summed E-state index contributed by atoms with van der Waals surface area (Å²) in [5, 5.41) is 11.0. The molecular formula is C14H15N3O2S2. The summed E-state index contributed by atoms with van der Waals surface area (Å²) in [7, 11) is -3.74. The van der Waals surface area contributed by atoms with Crippen molar-refractivity contribution in [1.82, 2.24) is 4.72 Å². The smallest absolute Gasteiger partial charge is 0.242 e. The lowest BCUT2D eigenvalue weighted by molar-refractivity contribution is 0.581. The van der Waals surface area contributed by atoms with Gasteiger partial charge in [0.25, 0.3) is 0 Å². The predicted molar refractivity (Wildman–Crippen MR) is 83.3 cm³/mol. The Labute approximate surface area is 128 Å². The molecule has 0 unspecified atom stereocenters.